The summed E-state index contributed by atoms with van der Waals surface area (Å²) in [5, 5.41) is 49.0. The number of hydrogen-bond donors (Lipinski definition) is 5. The minimum Gasteiger partial charge on any atom is -0.394 e. The van der Waals surface area contributed by atoms with Crippen molar-refractivity contribution in [3.05, 3.63) is 45.7 Å². The molecule has 1 saturated carbocycles. The minimum absolute atomic E-state index is 0.0798. The Kier molecular flexibility index (Phi) is 10.9. The maximum Gasteiger partial charge on any atom is 0.0931 e. The number of aliphatic hydroxyl groups excluding tert-OH is 5. The molecule has 0 bridgehead atoms. The first-order valence-corrected chi connectivity index (χ1v) is 11.5. The van der Waals surface area contributed by atoms with Crippen molar-refractivity contribution in [2.24, 2.45) is 11.8 Å². The second-order valence-electron chi connectivity index (χ2n) is 7.78. The normalized spacial score (nSPS) is 27.2. The largest absolute Gasteiger partial charge is 0.394 e. The summed E-state index contributed by atoms with van der Waals surface area (Å²) < 4.78 is 0.744. The summed E-state index contributed by atoms with van der Waals surface area (Å²) >= 11 is 7.44. The molecule has 1 fully saturated rings. The van der Waals surface area contributed by atoms with E-state index in [1.807, 2.05) is 30.4 Å². The Labute approximate surface area is 182 Å². The Balaban J connectivity index is 1.79. The molecule has 1 aromatic rings. The highest BCUT2D eigenvalue weighted by atomic mass is 35.5. The topological polar surface area (TPSA) is 101 Å². The lowest BCUT2D eigenvalue weighted by molar-refractivity contribution is 0.0868. The van der Waals surface area contributed by atoms with Gasteiger partial charge in [0.1, 0.15) is 0 Å². The molecule has 1 aliphatic rings. The molecular formula is C22H33ClO5S. The average molecular weight is 445 g/mol. The Hall–Kier alpha value is -0.730. The molecule has 0 aliphatic heterocycles. The highest BCUT2D eigenvalue weighted by molar-refractivity contribution is 7.16. The van der Waals surface area contributed by atoms with Crippen LogP contribution in [0.4, 0.5) is 0 Å². The van der Waals surface area contributed by atoms with Gasteiger partial charge in [-0.15, -0.1) is 11.3 Å². The van der Waals surface area contributed by atoms with E-state index in [1.165, 1.54) is 11.3 Å². The number of aryl methyl sites for hydroxylation is 1. The van der Waals surface area contributed by atoms with Crippen LogP contribution in [0.2, 0.25) is 4.34 Å². The number of halogens is 1. The molecule has 0 amide bonds. The summed E-state index contributed by atoms with van der Waals surface area (Å²) in [4.78, 5) is 1.13. The highest BCUT2D eigenvalue weighted by Gasteiger charge is 2.39. The second-order valence-corrected chi connectivity index (χ2v) is 9.58. The van der Waals surface area contributed by atoms with Crippen molar-refractivity contribution in [2.45, 2.75) is 69.4 Å². The third kappa shape index (κ3) is 8.50. The Morgan fingerprint density at radius 2 is 1.93 bits per heavy atom. The van der Waals surface area contributed by atoms with Gasteiger partial charge in [0.05, 0.1) is 35.4 Å². The first-order valence-electron chi connectivity index (χ1n) is 10.3. The standard InChI is InChI=1S/C22H33ClO5S/c23-22-12-10-17(29-22)9-7-15(25)8-11-19-18(20(27)13-21(19)28)6-4-2-1-3-5-16(26)14-24/h2,4,8,10-12,15-16,18-21,24-28H,1,3,5-7,9,13-14H2/b4-2+,11-8+. The van der Waals surface area contributed by atoms with E-state index in [0.29, 0.717) is 25.7 Å². The molecule has 0 radical (unpaired) electrons. The molecule has 0 spiro atoms. The van der Waals surface area contributed by atoms with Crippen molar-refractivity contribution in [3.8, 4) is 0 Å². The van der Waals surface area contributed by atoms with E-state index in [0.717, 1.165) is 28.5 Å². The zero-order valence-corrected chi connectivity index (χ0v) is 18.2. The number of allylic oxidation sites excluding steroid dienone is 2. The molecular weight excluding hydrogens is 412 g/mol. The molecule has 2 rings (SSSR count). The fourth-order valence-corrected chi connectivity index (χ4v) is 4.87. The van der Waals surface area contributed by atoms with E-state index in [9.17, 15) is 20.4 Å². The average Bonchev–Trinajstić information content (AvgIpc) is 3.23. The highest BCUT2D eigenvalue weighted by Crippen LogP contribution is 2.36. The molecule has 5 nitrogen and oxygen atoms in total. The number of unbranched alkanes of at least 4 members (excludes halogenated alkanes) is 1. The van der Waals surface area contributed by atoms with Crippen LogP contribution in [-0.4, -0.2) is 56.6 Å². The summed E-state index contributed by atoms with van der Waals surface area (Å²) in [5.74, 6) is -0.263. The van der Waals surface area contributed by atoms with Crippen molar-refractivity contribution >= 4 is 22.9 Å². The Morgan fingerprint density at radius 1 is 1.14 bits per heavy atom. The third-order valence-electron chi connectivity index (χ3n) is 5.48. The zero-order chi connectivity index (χ0) is 21.2. The van der Waals surface area contributed by atoms with Crippen molar-refractivity contribution in [3.63, 3.8) is 0 Å². The van der Waals surface area contributed by atoms with Gasteiger partial charge in [-0.25, -0.2) is 0 Å². The van der Waals surface area contributed by atoms with Gasteiger partial charge in [0.25, 0.3) is 0 Å². The molecule has 6 atom stereocenters. The molecule has 29 heavy (non-hydrogen) atoms. The van der Waals surface area contributed by atoms with Crippen LogP contribution >= 0.6 is 22.9 Å². The molecule has 1 heterocycles. The van der Waals surface area contributed by atoms with Gasteiger partial charge in [-0.3, -0.25) is 0 Å². The Bertz CT molecular complexity index is 647. The summed E-state index contributed by atoms with van der Waals surface area (Å²) in [6.45, 7) is -0.212. The van der Waals surface area contributed by atoms with Crippen LogP contribution in [0.25, 0.3) is 0 Å². The molecule has 6 unspecified atom stereocenters. The van der Waals surface area contributed by atoms with Gasteiger partial charge in [-0.2, -0.15) is 0 Å². The van der Waals surface area contributed by atoms with Crippen LogP contribution in [0.15, 0.2) is 36.4 Å². The van der Waals surface area contributed by atoms with Crippen LogP contribution in [-0.2, 0) is 6.42 Å². The van der Waals surface area contributed by atoms with E-state index in [2.05, 4.69) is 0 Å². The Morgan fingerprint density at radius 3 is 2.62 bits per heavy atom. The van der Waals surface area contributed by atoms with E-state index in [1.54, 1.807) is 6.08 Å². The van der Waals surface area contributed by atoms with Crippen molar-refractivity contribution in [2.75, 3.05) is 6.61 Å². The lowest BCUT2D eigenvalue weighted by Crippen LogP contribution is -2.20. The fourth-order valence-electron chi connectivity index (χ4n) is 3.77. The summed E-state index contributed by atoms with van der Waals surface area (Å²) in [5.41, 5.74) is 0. The predicted octanol–water partition coefficient (Wildman–Crippen LogP) is 3.08. The van der Waals surface area contributed by atoms with Gasteiger partial charge < -0.3 is 25.5 Å². The van der Waals surface area contributed by atoms with Gasteiger partial charge in [0.2, 0.25) is 0 Å². The zero-order valence-electron chi connectivity index (χ0n) is 16.6. The minimum atomic E-state index is -0.659. The van der Waals surface area contributed by atoms with E-state index >= 15 is 0 Å². The van der Waals surface area contributed by atoms with Crippen LogP contribution < -0.4 is 0 Å². The summed E-state index contributed by atoms with van der Waals surface area (Å²) in [6, 6.07) is 3.82. The van der Waals surface area contributed by atoms with Crippen molar-refractivity contribution in [1.29, 1.82) is 0 Å². The number of thiophene rings is 1. The lowest BCUT2D eigenvalue weighted by atomic mass is 9.89. The van der Waals surface area contributed by atoms with Gasteiger partial charge in [0, 0.05) is 17.2 Å². The van der Waals surface area contributed by atoms with Gasteiger partial charge in [-0.05, 0) is 56.6 Å². The van der Waals surface area contributed by atoms with Crippen LogP contribution in [0.5, 0.6) is 0 Å². The smallest absolute Gasteiger partial charge is 0.0931 e. The van der Waals surface area contributed by atoms with Gasteiger partial charge in [-0.1, -0.05) is 35.9 Å². The van der Waals surface area contributed by atoms with Crippen molar-refractivity contribution in [1.82, 2.24) is 0 Å². The fraction of sp³-hybridized carbons (Fsp3) is 0.636. The first-order chi connectivity index (χ1) is 13.9. The number of hydrogen-bond acceptors (Lipinski definition) is 6. The monoisotopic (exact) mass is 444 g/mol. The second kappa shape index (κ2) is 12.8. The van der Waals surface area contributed by atoms with E-state index in [4.69, 9.17) is 16.7 Å². The molecule has 1 aliphatic carbocycles. The lowest BCUT2D eigenvalue weighted by Gasteiger charge is -2.19. The molecule has 0 aromatic carbocycles. The molecule has 0 saturated heterocycles. The van der Waals surface area contributed by atoms with Gasteiger partial charge >= 0.3 is 0 Å². The quantitative estimate of drug-likeness (QED) is 0.252. The molecule has 1 aromatic heterocycles. The van der Waals surface area contributed by atoms with Crippen molar-refractivity contribution < 1.29 is 25.5 Å². The summed E-state index contributed by atoms with van der Waals surface area (Å²) in [6.07, 6.45) is 9.66. The maximum absolute atomic E-state index is 10.3. The van der Waals surface area contributed by atoms with Gasteiger partial charge in [0.15, 0.2) is 0 Å². The SMILES string of the molecule is OCC(O)CCC/C=C/CC1C(O)CC(O)C1/C=C/C(O)CCc1ccc(Cl)s1. The van der Waals surface area contributed by atoms with E-state index in [-0.39, 0.29) is 18.4 Å². The first kappa shape index (κ1) is 24.5. The third-order valence-corrected chi connectivity index (χ3v) is 6.77. The summed E-state index contributed by atoms with van der Waals surface area (Å²) in [7, 11) is 0. The van der Waals surface area contributed by atoms with Crippen LogP contribution in [0.1, 0.15) is 43.4 Å². The number of aliphatic hydroxyl groups is 5. The van der Waals surface area contributed by atoms with Crippen LogP contribution in [0, 0.1) is 11.8 Å². The molecule has 5 N–H and O–H groups in total. The molecule has 7 heteroatoms. The maximum atomic E-state index is 10.3. The van der Waals surface area contributed by atoms with E-state index < -0.39 is 24.4 Å². The molecule has 164 valence electrons. The van der Waals surface area contributed by atoms with Crippen LogP contribution in [0.3, 0.4) is 0 Å². The predicted molar refractivity (Wildman–Crippen MR) is 117 cm³/mol. The number of rotatable bonds is 12.